The summed E-state index contributed by atoms with van der Waals surface area (Å²) in [5.74, 6) is -2.25. The molecular weight excluding hydrogens is 368 g/mol. The van der Waals surface area contributed by atoms with Crippen molar-refractivity contribution in [3.63, 3.8) is 0 Å². The fourth-order valence-electron chi connectivity index (χ4n) is 2.52. The summed E-state index contributed by atoms with van der Waals surface area (Å²) in [6.45, 7) is -0.643. The molecule has 0 saturated carbocycles. The second kappa shape index (κ2) is 7.43. The van der Waals surface area contributed by atoms with Crippen LogP contribution in [0.2, 0.25) is 0 Å². The number of para-hydroxylation sites is 1. The van der Waals surface area contributed by atoms with Crippen LogP contribution in [0.3, 0.4) is 0 Å². The minimum atomic E-state index is -0.932. The zero-order valence-corrected chi connectivity index (χ0v) is 15.0. The Morgan fingerprint density at radius 3 is 2.63 bits per heavy atom. The molecule has 2 aromatic carbocycles. The van der Waals surface area contributed by atoms with Gasteiger partial charge in [0.25, 0.3) is 0 Å². The van der Waals surface area contributed by atoms with Crippen LogP contribution in [0.25, 0.3) is 0 Å². The van der Waals surface area contributed by atoms with Gasteiger partial charge in [-0.05, 0) is 24.3 Å². The normalized spacial score (nSPS) is 14.3. The van der Waals surface area contributed by atoms with E-state index in [1.165, 1.54) is 23.9 Å². The number of benzene rings is 2. The predicted molar refractivity (Wildman–Crippen MR) is 98.4 cm³/mol. The van der Waals surface area contributed by atoms with E-state index in [1.807, 2.05) is 30.3 Å². The number of ketones is 1. The SMILES string of the molecule is CN1/C(=C(\C#N)C(=O)COC(=O)c2ccc(O)cc2O)Sc2ccccc21. The Morgan fingerprint density at radius 2 is 1.96 bits per heavy atom. The number of esters is 1. The Morgan fingerprint density at radius 1 is 1.22 bits per heavy atom. The zero-order chi connectivity index (χ0) is 19.6. The molecule has 0 aliphatic carbocycles. The average molecular weight is 382 g/mol. The number of carbonyl (C=O) groups excluding carboxylic acids is 2. The summed E-state index contributed by atoms with van der Waals surface area (Å²) in [5, 5.41) is 28.8. The first-order valence-corrected chi connectivity index (χ1v) is 8.61. The van der Waals surface area contributed by atoms with Crippen molar-refractivity contribution < 1.29 is 24.5 Å². The largest absolute Gasteiger partial charge is 0.508 e. The second-order valence-electron chi connectivity index (χ2n) is 5.62. The van der Waals surface area contributed by atoms with Crippen molar-refractivity contribution in [3.05, 3.63) is 58.6 Å². The molecule has 27 heavy (non-hydrogen) atoms. The molecule has 8 heteroatoms. The molecule has 0 unspecified atom stereocenters. The summed E-state index contributed by atoms with van der Waals surface area (Å²) in [6.07, 6.45) is 0. The van der Waals surface area contributed by atoms with Gasteiger partial charge in [0.15, 0.2) is 6.61 Å². The van der Waals surface area contributed by atoms with Gasteiger partial charge in [-0.1, -0.05) is 23.9 Å². The molecule has 0 bridgehead atoms. The predicted octanol–water partition coefficient (Wildman–Crippen LogP) is 2.80. The zero-order valence-electron chi connectivity index (χ0n) is 14.2. The Balaban J connectivity index is 1.75. The van der Waals surface area contributed by atoms with Crippen LogP contribution >= 0.6 is 11.8 Å². The van der Waals surface area contributed by atoms with Crippen molar-refractivity contribution in [1.82, 2.24) is 0 Å². The molecular formula is C19H14N2O5S. The van der Waals surface area contributed by atoms with E-state index in [9.17, 15) is 25.1 Å². The number of hydrogen-bond acceptors (Lipinski definition) is 8. The molecule has 0 aromatic heterocycles. The smallest absolute Gasteiger partial charge is 0.342 e. The van der Waals surface area contributed by atoms with Crippen molar-refractivity contribution in [2.24, 2.45) is 0 Å². The van der Waals surface area contributed by atoms with Crippen molar-refractivity contribution in [1.29, 1.82) is 5.26 Å². The van der Waals surface area contributed by atoms with Gasteiger partial charge in [-0.2, -0.15) is 5.26 Å². The highest BCUT2D eigenvalue weighted by molar-refractivity contribution is 8.03. The van der Waals surface area contributed by atoms with E-state index in [0.29, 0.717) is 5.03 Å². The lowest BCUT2D eigenvalue weighted by Gasteiger charge is -2.14. The molecule has 0 spiro atoms. The van der Waals surface area contributed by atoms with Crippen LogP contribution in [0.1, 0.15) is 10.4 Å². The van der Waals surface area contributed by atoms with Crippen molar-refractivity contribution in [2.75, 3.05) is 18.6 Å². The van der Waals surface area contributed by atoms with Crippen LogP contribution in [0.15, 0.2) is 58.0 Å². The lowest BCUT2D eigenvalue weighted by atomic mass is 10.2. The molecule has 7 nitrogen and oxygen atoms in total. The summed E-state index contributed by atoms with van der Waals surface area (Å²) in [6, 6.07) is 12.7. The number of anilines is 1. The van der Waals surface area contributed by atoms with Crippen LogP contribution in [-0.4, -0.2) is 35.6 Å². The van der Waals surface area contributed by atoms with Crippen molar-refractivity contribution in [2.45, 2.75) is 4.90 Å². The van der Waals surface area contributed by atoms with Crippen LogP contribution in [-0.2, 0) is 9.53 Å². The number of ether oxygens (including phenoxy) is 1. The van der Waals surface area contributed by atoms with Gasteiger partial charge in [0.1, 0.15) is 33.7 Å². The summed E-state index contributed by atoms with van der Waals surface area (Å²) in [5.41, 5.74) is 0.581. The summed E-state index contributed by atoms with van der Waals surface area (Å²) >= 11 is 1.29. The molecule has 0 amide bonds. The first-order chi connectivity index (χ1) is 12.9. The average Bonchev–Trinajstić information content (AvgIpc) is 2.97. The number of phenolic OH excluding ortho intramolecular Hbond substituents is 2. The van der Waals surface area contributed by atoms with Gasteiger partial charge >= 0.3 is 5.97 Å². The number of hydrogen-bond donors (Lipinski definition) is 2. The maximum atomic E-state index is 12.4. The quantitative estimate of drug-likeness (QED) is 0.472. The lowest BCUT2D eigenvalue weighted by Crippen LogP contribution is -2.20. The number of aromatic hydroxyl groups is 2. The molecule has 0 radical (unpaired) electrons. The lowest BCUT2D eigenvalue weighted by molar-refractivity contribution is -0.118. The molecule has 0 fully saturated rings. The number of nitrogens with zero attached hydrogens (tertiary/aromatic N) is 2. The third-order valence-electron chi connectivity index (χ3n) is 3.88. The molecule has 2 N–H and O–H groups in total. The fraction of sp³-hybridized carbons (Fsp3) is 0.105. The van der Waals surface area contributed by atoms with Crippen LogP contribution in [0.5, 0.6) is 11.5 Å². The summed E-state index contributed by atoms with van der Waals surface area (Å²) in [4.78, 5) is 27.1. The molecule has 1 aliphatic heterocycles. The van der Waals surface area contributed by atoms with Gasteiger partial charge in [0.2, 0.25) is 5.78 Å². The molecule has 2 aromatic rings. The van der Waals surface area contributed by atoms with Crippen LogP contribution in [0.4, 0.5) is 5.69 Å². The Kier molecular flexibility index (Phi) is 5.05. The van der Waals surface area contributed by atoms with Gasteiger partial charge in [-0.3, -0.25) is 4.79 Å². The summed E-state index contributed by atoms with van der Waals surface area (Å²) < 4.78 is 4.92. The minimum Gasteiger partial charge on any atom is -0.508 e. The van der Waals surface area contributed by atoms with Crippen LogP contribution in [0, 0.1) is 11.3 Å². The molecule has 3 rings (SSSR count). The Bertz CT molecular complexity index is 1010. The third-order valence-corrected chi connectivity index (χ3v) is 5.11. The van der Waals surface area contributed by atoms with Gasteiger partial charge in [0.05, 0.1) is 5.69 Å². The minimum absolute atomic E-state index is 0.110. The van der Waals surface area contributed by atoms with Crippen molar-refractivity contribution in [3.8, 4) is 17.6 Å². The van der Waals surface area contributed by atoms with Gasteiger partial charge < -0.3 is 19.8 Å². The number of Topliss-reactive ketones (excluding diaryl/α,β-unsaturated/α-hetero) is 1. The number of nitriles is 1. The van der Waals surface area contributed by atoms with Crippen molar-refractivity contribution >= 4 is 29.2 Å². The van der Waals surface area contributed by atoms with Crippen LogP contribution < -0.4 is 4.90 Å². The topological polar surface area (TPSA) is 111 Å². The standard InChI is InChI=1S/C19H14N2O5S/c1-21-14-4-2-3-5-17(14)27-18(21)13(9-20)16(24)10-26-19(25)12-7-6-11(22)8-15(12)23/h2-8,22-23H,10H2,1H3/b18-13-. The monoisotopic (exact) mass is 382 g/mol. The first-order valence-electron chi connectivity index (χ1n) is 7.79. The molecule has 0 atom stereocenters. The van der Waals surface area contributed by atoms with E-state index in [2.05, 4.69) is 0 Å². The van der Waals surface area contributed by atoms with E-state index < -0.39 is 24.1 Å². The van der Waals surface area contributed by atoms with E-state index in [4.69, 9.17) is 4.74 Å². The van der Waals surface area contributed by atoms with Gasteiger partial charge in [-0.25, -0.2) is 4.79 Å². The number of thioether (sulfide) groups is 1. The summed E-state index contributed by atoms with van der Waals surface area (Å²) in [7, 11) is 1.75. The van der Waals surface area contributed by atoms with Gasteiger partial charge in [-0.15, -0.1) is 0 Å². The highest BCUT2D eigenvalue weighted by Gasteiger charge is 2.28. The first kappa shape index (κ1) is 18.4. The highest BCUT2D eigenvalue weighted by Crippen LogP contribution is 2.46. The maximum Gasteiger partial charge on any atom is 0.342 e. The van der Waals surface area contributed by atoms with E-state index >= 15 is 0 Å². The molecule has 0 saturated heterocycles. The Hall–Kier alpha value is -3.44. The van der Waals surface area contributed by atoms with E-state index in [-0.39, 0.29) is 16.9 Å². The maximum absolute atomic E-state index is 12.4. The number of carbonyl (C=O) groups is 2. The Labute approximate surface area is 159 Å². The third kappa shape index (κ3) is 3.59. The van der Waals surface area contributed by atoms with E-state index in [0.717, 1.165) is 16.6 Å². The van der Waals surface area contributed by atoms with Gasteiger partial charge in [0, 0.05) is 18.0 Å². The fourth-order valence-corrected chi connectivity index (χ4v) is 3.69. The molecule has 136 valence electrons. The number of rotatable bonds is 4. The second-order valence-corrected chi connectivity index (χ2v) is 6.65. The van der Waals surface area contributed by atoms with E-state index in [1.54, 1.807) is 11.9 Å². The molecule has 1 heterocycles. The number of fused-ring (bicyclic) bond motifs is 1. The number of phenols is 2. The highest BCUT2D eigenvalue weighted by atomic mass is 32.2. The molecule has 1 aliphatic rings.